The molecule has 1 unspecified atom stereocenters. The van der Waals surface area contributed by atoms with Gasteiger partial charge in [-0.3, -0.25) is 9.78 Å². The van der Waals surface area contributed by atoms with E-state index in [9.17, 15) is 4.79 Å². The number of nitrogens with zero attached hydrogens (tertiary/aromatic N) is 3. The first kappa shape index (κ1) is 12.8. The van der Waals surface area contributed by atoms with E-state index in [4.69, 9.17) is 0 Å². The Hall–Kier alpha value is -1.65. The lowest BCUT2D eigenvalue weighted by Crippen LogP contribution is -2.43. The molecule has 2 rings (SSSR count). The van der Waals surface area contributed by atoms with Crippen LogP contribution in [0.4, 0.5) is 5.82 Å². The second kappa shape index (κ2) is 6.33. The first-order chi connectivity index (χ1) is 8.81. The zero-order valence-corrected chi connectivity index (χ0v) is 10.8. The van der Waals surface area contributed by atoms with Crippen molar-refractivity contribution < 1.29 is 4.79 Å². The monoisotopic (exact) mass is 248 g/mol. The van der Waals surface area contributed by atoms with Crippen molar-refractivity contribution >= 4 is 11.7 Å². The van der Waals surface area contributed by atoms with Crippen LogP contribution in [0.15, 0.2) is 18.6 Å². The predicted molar refractivity (Wildman–Crippen MR) is 70.3 cm³/mol. The largest absolute Gasteiger partial charge is 0.356 e. The Morgan fingerprint density at radius 1 is 1.56 bits per heavy atom. The first-order valence-electron chi connectivity index (χ1n) is 6.60. The third-order valence-corrected chi connectivity index (χ3v) is 3.21. The molecule has 98 valence electrons. The highest BCUT2D eigenvalue weighted by Gasteiger charge is 2.26. The molecule has 0 aliphatic carbocycles. The van der Waals surface area contributed by atoms with E-state index >= 15 is 0 Å². The minimum atomic E-state index is 0.0762. The Bertz CT molecular complexity index is 382. The molecule has 0 radical (unpaired) electrons. The summed E-state index contributed by atoms with van der Waals surface area (Å²) >= 11 is 0. The molecule has 0 saturated carbocycles. The fourth-order valence-corrected chi connectivity index (χ4v) is 2.25. The van der Waals surface area contributed by atoms with Crippen LogP contribution in [0.5, 0.6) is 0 Å². The van der Waals surface area contributed by atoms with Crippen molar-refractivity contribution in [3.05, 3.63) is 18.6 Å². The van der Waals surface area contributed by atoms with Gasteiger partial charge in [-0.25, -0.2) is 4.98 Å². The molecule has 0 spiro atoms. The maximum atomic E-state index is 12.0. The number of amides is 1. The van der Waals surface area contributed by atoms with Crippen molar-refractivity contribution in [2.45, 2.75) is 26.2 Å². The minimum Gasteiger partial charge on any atom is -0.356 e. The average Bonchev–Trinajstić information content (AvgIpc) is 2.46. The fourth-order valence-electron chi connectivity index (χ4n) is 2.25. The van der Waals surface area contributed by atoms with E-state index in [0.717, 1.165) is 44.7 Å². The van der Waals surface area contributed by atoms with Crippen LogP contribution in [-0.2, 0) is 4.79 Å². The van der Waals surface area contributed by atoms with Crippen molar-refractivity contribution in [1.29, 1.82) is 0 Å². The minimum absolute atomic E-state index is 0.0762. The Morgan fingerprint density at radius 3 is 3.17 bits per heavy atom. The average molecular weight is 248 g/mol. The molecule has 5 nitrogen and oxygen atoms in total. The maximum Gasteiger partial charge on any atom is 0.224 e. The number of anilines is 1. The molecule has 1 aliphatic rings. The number of aromatic nitrogens is 2. The smallest absolute Gasteiger partial charge is 0.224 e. The Morgan fingerprint density at radius 2 is 2.44 bits per heavy atom. The van der Waals surface area contributed by atoms with Gasteiger partial charge in [-0.05, 0) is 19.3 Å². The predicted octanol–water partition coefficient (Wildman–Crippen LogP) is 1.22. The number of carbonyl (C=O) groups excluding carboxylic acids is 1. The normalized spacial score (nSPS) is 19.6. The number of carbonyl (C=O) groups is 1. The molecule has 1 atom stereocenters. The van der Waals surface area contributed by atoms with Gasteiger partial charge in [0, 0.05) is 32.0 Å². The lowest BCUT2D eigenvalue weighted by molar-refractivity contribution is -0.125. The molecule has 1 aromatic rings. The molecule has 1 aromatic heterocycles. The summed E-state index contributed by atoms with van der Waals surface area (Å²) in [5, 5.41) is 2.97. The maximum absolute atomic E-state index is 12.0. The van der Waals surface area contributed by atoms with Crippen LogP contribution >= 0.6 is 0 Å². The van der Waals surface area contributed by atoms with Crippen molar-refractivity contribution in [2.24, 2.45) is 5.92 Å². The van der Waals surface area contributed by atoms with E-state index in [1.165, 1.54) is 0 Å². The molecule has 2 heterocycles. The molecule has 0 bridgehead atoms. The van der Waals surface area contributed by atoms with Gasteiger partial charge in [-0.2, -0.15) is 0 Å². The third kappa shape index (κ3) is 3.18. The Kier molecular flexibility index (Phi) is 4.50. The zero-order valence-electron chi connectivity index (χ0n) is 10.8. The molecule has 0 aromatic carbocycles. The second-order valence-electron chi connectivity index (χ2n) is 4.64. The van der Waals surface area contributed by atoms with Crippen LogP contribution in [-0.4, -0.2) is 35.5 Å². The summed E-state index contributed by atoms with van der Waals surface area (Å²) < 4.78 is 0. The number of rotatable bonds is 4. The van der Waals surface area contributed by atoms with Gasteiger partial charge in [0.25, 0.3) is 0 Å². The van der Waals surface area contributed by atoms with E-state index in [1.54, 1.807) is 18.6 Å². The number of hydrogen-bond acceptors (Lipinski definition) is 4. The van der Waals surface area contributed by atoms with Crippen LogP contribution in [0.3, 0.4) is 0 Å². The van der Waals surface area contributed by atoms with Gasteiger partial charge in [0.2, 0.25) is 5.91 Å². The van der Waals surface area contributed by atoms with Crippen LogP contribution in [0.25, 0.3) is 0 Å². The highest BCUT2D eigenvalue weighted by molar-refractivity contribution is 5.79. The SMILES string of the molecule is CCCNC(=O)C1CCCN(c2cnccn2)C1. The van der Waals surface area contributed by atoms with Crippen molar-refractivity contribution in [3.63, 3.8) is 0 Å². The zero-order chi connectivity index (χ0) is 12.8. The van der Waals surface area contributed by atoms with Gasteiger partial charge in [0.1, 0.15) is 5.82 Å². The molecule has 1 saturated heterocycles. The summed E-state index contributed by atoms with van der Waals surface area (Å²) in [5.41, 5.74) is 0. The van der Waals surface area contributed by atoms with Gasteiger partial charge in [-0.15, -0.1) is 0 Å². The van der Waals surface area contributed by atoms with Gasteiger partial charge in [0.05, 0.1) is 12.1 Å². The first-order valence-corrected chi connectivity index (χ1v) is 6.60. The Labute approximate surface area is 108 Å². The topological polar surface area (TPSA) is 58.1 Å². The van der Waals surface area contributed by atoms with Crippen LogP contribution in [0.1, 0.15) is 26.2 Å². The molecule has 1 fully saturated rings. The number of hydrogen-bond donors (Lipinski definition) is 1. The number of piperidine rings is 1. The quantitative estimate of drug-likeness (QED) is 0.870. The summed E-state index contributed by atoms with van der Waals surface area (Å²) in [7, 11) is 0. The number of nitrogens with one attached hydrogen (secondary N) is 1. The molecule has 1 N–H and O–H groups in total. The fraction of sp³-hybridized carbons (Fsp3) is 0.615. The summed E-state index contributed by atoms with van der Waals surface area (Å²) in [6.07, 6.45) is 8.08. The molecule has 5 heteroatoms. The van der Waals surface area contributed by atoms with Crippen LogP contribution in [0, 0.1) is 5.92 Å². The Balaban J connectivity index is 1.94. The molecule has 18 heavy (non-hydrogen) atoms. The molecular formula is C13H20N4O. The van der Waals surface area contributed by atoms with Gasteiger partial charge in [0.15, 0.2) is 0 Å². The van der Waals surface area contributed by atoms with Crippen LogP contribution < -0.4 is 10.2 Å². The van der Waals surface area contributed by atoms with Crippen molar-refractivity contribution in [2.75, 3.05) is 24.5 Å². The van der Waals surface area contributed by atoms with E-state index < -0.39 is 0 Å². The summed E-state index contributed by atoms with van der Waals surface area (Å²) in [6.45, 7) is 4.53. The molecule has 1 amide bonds. The highest BCUT2D eigenvalue weighted by atomic mass is 16.1. The standard InChI is InChI=1S/C13H20N4O/c1-2-5-16-13(18)11-4-3-8-17(10-11)12-9-14-6-7-15-12/h6-7,9,11H,2-5,8,10H2,1H3,(H,16,18). The molecule has 1 aliphatic heterocycles. The lowest BCUT2D eigenvalue weighted by Gasteiger charge is -2.32. The highest BCUT2D eigenvalue weighted by Crippen LogP contribution is 2.20. The van der Waals surface area contributed by atoms with Crippen molar-refractivity contribution in [1.82, 2.24) is 15.3 Å². The lowest BCUT2D eigenvalue weighted by atomic mass is 9.97. The second-order valence-corrected chi connectivity index (χ2v) is 4.64. The summed E-state index contributed by atoms with van der Waals surface area (Å²) in [6, 6.07) is 0. The van der Waals surface area contributed by atoms with E-state index in [0.29, 0.717) is 0 Å². The van der Waals surface area contributed by atoms with E-state index in [1.807, 2.05) is 0 Å². The summed E-state index contributed by atoms with van der Waals surface area (Å²) in [4.78, 5) is 22.5. The third-order valence-electron chi connectivity index (χ3n) is 3.21. The van der Waals surface area contributed by atoms with Gasteiger partial charge >= 0.3 is 0 Å². The van der Waals surface area contributed by atoms with E-state index in [-0.39, 0.29) is 11.8 Å². The summed E-state index contributed by atoms with van der Waals surface area (Å²) in [5.74, 6) is 1.11. The molecular weight excluding hydrogens is 228 g/mol. The van der Waals surface area contributed by atoms with Crippen LogP contribution in [0.2, 0.25) is 0 Å². The van der Waals surface area contributed by atoms with Crippen molar-refractivity contribution in [3.8, 4) is 0 Å². The van der Waals surface area contributed by atoms with Gasteiger partial charge < -0.3 is 10.2 Å². The van der Waals surface area contributed by atoms with E-state index in [2.05, 4.69) is 27.1 Å². The van der Waals surface area contributed by atoms with Gasteiger partial charge in [-0.1, -0.05) is 6.92 Å².